The highest BCUT2D eigenvalue weighted by Crippen LogP contribution is 2.11. The number of hydrogen-bond acceptors (Lipinski definition) is 2. The average molecular weight is 283 g/mol. The standard InChI is InChI=1S/C19H25NO/c1-4-17-7-9-18(10-8-17)13-20-16(3)14-21-19-11-5-15(2)6-12-19/h5-12,16,20H,4,13-14H2,1-3H3. The van der Waals surface area contributed by atoms with Gasteiger partial charge in [-0.3, -0.25) is 0 Å². The summed E-state index contributed by atoms with van der Waals surface area (Å²) in [6, 6.07) is 17.3. The van der Waals surface area contributed by atoms with E-state index in [9.17, 15) is 0 Å². The Kier molecular flexibility index (Phi) is 5.82. The van der Waals surface area contributed by atoms with E-state index in [4.69, 9.17) is 4.74 Å². The molecule has 2 aromatic carbocycles. The first-order valence-electron chi connectivity index (χ1n) is 7.68. The van der Waals surface area contributed by atoms with Gasteiger partial charge >= 0.3 is 0 Å². The summed E-state index contributed by atoms with van der Waals surface area (Å²) in [5.41, 5.74) is 3.95. The number of ether oxygens (including phenoxy) is 1. The van der Waals surface area contributed by atoms with E-state index in [2.05, 4.69) is 62.5 Å². The lowest BCUT2D eigenvalue weighted by atomic mass is 10.1. The summed E-state index contributed by atoms with van der Waals surface area (Å²) in [5.74, 6) is 0.932. The summed E-state index contributed by atoms with van der Waals surface area (Å²) >= 11 is 0. The number of hydrogen-bond donors (Lipinski definition) is 1. The van der Waals surface area contributed by atoms with Crippen molar-refractivity contribution in [2.45, 2.75) is 39.8 Å². The van der Waals surface area contributed by atoms with Crippen molar-refractivity contribution < 1.29 is 4.74 Å². The van der Waals surface area contributed by atoms with Gasteiger partial charge in [-0.1, -0.05) is 48.9 Å². The van der Waals surface area contributed by atoms with Crippen LogP contribution in [0, 0.1) is 6.92 Å². The fraction of sp³-hybridized carbons (Fsp3) is 0.368. The minimum Gasteiger partial charge on any atom is -0.492 e. The Bertz CT molecular complexity index is 530. The lowest BCUT2D eigenvalue weighted by Crippen LogP contribution is -2.31. The van der Waals surface area contributed by atoms with Gasteiger partial charge in [-0.2, -0.15) is 0 Å². The molecule has 0 saturated carbocycles. The van der Waals surface area contributed by atoms with Crippen molar-refractivity contribution in [3.8, 4) is 5.75 Å². The predicted molar refractivity (Wildman–Crippen MR) is 88.8 cm³/mol. The van der Waals surface area contributed by atoms with Crippen molar-refractivity contribution in [1.82, 2.24) is 5.32 Å². The van der Waals surface area contributed by atoms with Gasteiger partial charge in [0.05, 0.1) is 0 Å². The van der Waals surface area contributed by atoms with Crippen molar-refractivity contribution in [2.75, 3.05) is 6.61 Å². The molecule has 2 heteroatoms. The topological polar surface area (TPSA) is 21.3 Å². The van der Waals surface area contributed by atoms with Crippen molar-refractivity contribution in [1.29, 1.82) is 0 Å². The van der Waals surface area contributed by atoms with Gasteiger partial charge in [0.2, 0.25) is 0 Å². The van der Waals surface area contributed by atoms with E-state index in [1.165, 1.54) is 16.7 Å². The van der Waals surface area contributed by atoms with Crippen molar-refractivity contribution >= 4 is 0 Å². The molecule has 2 aromatic rings. The van der Waals surface area contributed by atoms with Gasteiger partial charge in [0.1, 0.15) is 12.4 Å². The lowest BCUT2D eigenvalue weighted by molar-refractivity contribution is 0.272. The van der Waals surface area contributed by atoms with Gasteiger partial charge in [-0.25, -0.2) is 0 Å². The number of rotatable bonds is 7. The van der Waals surface area contributed by atoms with Gasteiger partial charge in [-0.15, -0.1) is 0 Å². The van der Waals surface area contributed by atoms with Crippen LogP contribution >= 0.6 is 0 Å². The minimum absolute atomic E-state index is 0.317. The smallest absolute Gasteiger partial charge is 0.119 e. The maximum Gasteiger partial charge on any atom is 0.119 e. The second-order valence-corrected chi connectivity index (χ2v) is 5.58. The van der Waals surface area contributed by atoms with Gasteiger partial charge in [-0.05, 0) is 43.5 Å². The summed E-state index contributed by atoms with van der Waals surface area (Å²) in [4.78, 5) is 0. The third kappa shape index (κ3) is 5.24. The molecule has 0 aliphatic carbocycles. The molecule has 0 fully saturated rings. The fourth-order valence-corrected chi connectivity index (χ4v) is 2.10. The number of nitrogens with one attached hydrogen (secondary N) is 1. The van der Waals surface area contributed by atoms with E-state index < -0.39 is 0 Å². The van der Waals surface area contributed by atoms with E-state index in [-0.39, 0.29) is 0 Å². The summed E-state index contributed by atoms with van der Waals surface area (Å²) in [6.07, 6.45) is 1.09. The molecular formula is C19H25NO. The molecule has 0 bridgehead atoms. The molecule has 0 aliphatic rings. The van der Waals surface area contributed by atoms with Crippen LogP contribution in [0.4, 0.5) is 0 Å². The Labute approximate surface area is 128 Å². The van der Waals surface area contributed by atoms with Gasteiger partial charge in [0.25, 0.3) is 0 Å². The summed E-state index contributed by atoms with van der Waals surface area (Å²) in [7, 11) is 0. The third-order valence-electron chi connectivity index (χ3n) is 3.61. The Morgan fingerprint density at radius 3 is 2.19 bits per heavy atom. The highest BCUT2D eigenvalue weighted by atomic mass is 16.5. The third-order valence-corrected chi connectivity index (χ3v) is 3.61. The molecule has 2 rings (SSSR count). The quantitative estimate of drug-likeness (QED) is 0.825. The maximum absolute atomic E-state index is 5.79. The Morgan fingerprint density at radius 1 is 0.952 bits per heavy atom. The summed E-state index contributed by atoms with van der Waals surface area (Å²) in [6.45, 7) is 7.96. The van der Waals surface area contributed by atoms with Crippen LogP contribution in [0.1, 0.15) is 30.5 Å². The van der Waals surface area contributed by atoms with Crippen molar-refractivity contribution in [3.05, 3.63) is 65.2 Å². The highest BCUT2D eigenvalue weighted by Gasteiger charge is 2.03. The van der Waals surface area contributed by atoms with E-state index in [0.29, 0.717) is 12.6 Å². The van der Waals surface area contributed by atoms with Crippen LogP contribution in [0.25, 0.3) is 0 Å². The summed E-state index contributed by atoms with van der Waals surface area (Å²) < 4.78 is 5.79. The monoisotopic (exact) mass is 283 g/mol. The van der Waals surface area contributed by atoms with Gasteiger partial charge in [0.15, 0.2) is 0 Å². The van der Waals surface area contributed by atoms with E-state index in [1.54, 1.807) is 0 Å². The van der Waals surface area contributed by atoms with Gasteiger partial charge in [0, 0.05) is 12.6 Å². The van der Waals surface area contributed by atoms with Crippen LogP contribution in [0.5, 0.6) is 5.75 Å². The molecule has 0 aromatic heterocycles. The number of benzene rings is 2. The lowest BCUT2D eigenvalue weighted by Gasteiger charge is -2.15. The first kappa shape index (κ1) is 15.6. The molecule has 0 radical (unpaired) electrons. The normalized spacial score (nSPS) is 12.1. The minimum atomic E-state index is 0.317. The van der Waals surface area contributed by atoms with Crippen LogP contribution in [0.15, 0.2) is 48.5 Å². The maximum atomic E-state index is 5.79. The molecule has 2 nitrogen and oxygen atoms in total. The molecule has 0 saturated heterocycles. The molecule has 1 N–H and O–H groups in total. The molecule has 21 heavy (non-hydrogen) atoms. The van der Waals surface area contributed by atoms with E-state index >= 15 is 0 Å². The SMILES string of the molecule is CCc1ccc(CNC(C)COc2ccc(C)cc2)cc1. The molecule has 1 atom stereocenters. The second kappa shape index (κ2) is 7.84. The Morgan fingerprint density at radius 2 is 1.57 bits per heavy atom. The Hall–Kier alpha value is -1.80. The zero-order valence-corrected chi connectivity index (χ0v) is 13.2. The largest absolute Gasteiger partial charge is 0.492 e. The van der Waals surface area contributed by atoms with Crippen LogP contribution in [0.3, 0.4) is 0 Å². The molecule has 0 heterocycles. The highest BCUT2D eigenvalue weighted by molar-refractivity contribution is 5.26. The molecule has 0 spiro atoms. The van der Waals surface area contributed by atoms with E-state index in [1.807, 2.05) is 12.1 Å². The molecule has 0 aliphatic heterocycles. The number of aryl methyl sites for hydroxylation is 2. The zero-order chi connectivity index (χ0) is 15.1. The molecule has 1 unspecified atom stereocenters. The van der Waals surface area contributed by atoms with Crippen LogP contribution in [-0.2, 0) is 13.0 Å². The summed E-state index contributed by atoms with van der Waals surface area (Å²) in [5, 5.41) is 3.49. The van der Waals surface area contributed by atoms with Crippen LogP contribution in [0.2, 0.25) is 0 Å². The van der Waals surface area contributed by atoms with Crippen LogP contribution < -0.4 is 10.1 Å². The predicted octanol–water partition coefficient (Wildman–Crippen LogP) is 4.11. The first-order valence-corrected chi connectivity index (χ1v) is 7.68. The fourth-order valence-electron chi connectivity index (χ4n) is 2.10. The second-order valence-electron chi connectivity index (χ2n) is 5.58. The first-order chi connectivity index (χ1) is 10.2. The Balaban J connectivity index is 1.73. The van der Waals surface area contributed by atoms with Crippen molar-refractivity contribution in [2.24, 2.45) is 0 Å². The average Bonchev–Trinajstić information content (AvgIpc) is 2.53. The molecular weight excluding hydrogens is 258 g/mol. The van der Waals surface area contributed by atoms with E-state index in [0.717, 1.165) is 18.7 Å². The van der Waals surface area contributed by atoms with Crippen molar-refractivity contribution in [3.63, 3.8) is 0 Å². The zero-order valence-electron chi connectivity index (χ0n) is 13.2. The van der Waals surface area contributed by atoms with Gasteiger partial charge < -0.3 is 10.1 Å². The van der Waals surface area contributed by atoms with Crippen LogP contribution in [-0.4, -0.2) is 12.6 Å². The molecule has 112 valence electrons. The molecule has 0 amide bonds.